The summed E-state index contributed by atoms with van der Waals surface area (Å²) < 4.78 is 0. The van der Waals surface area contributed by atoms with E-state index in [1.165, 1.54) is 4.90 Å². The van der Waals surface area contributed by atoms with Crippen LogP contribution in [0, 0.1) is 5.92 Å². The number of hydrogen-bond donors (Lipinski definition) is 2. The molecule has 0 spiro atoms. The van der Waals surface area contributed by atoms with Crippen LogP contribution in [-0.4, -0.2) is 54.8 Å². The molecule has 0 aromatic heterocycles. The zero-order chi connectivity index (χ0) is 21.7. The first-order chi connectivity index (χ1) is 14.3. The summed E-state index contributed by atoms with van der Waals surface area (Å²) in [6.45, 7) is 1.02. The standard InChI is InChI=1S/C22H25ClN4O3/c1-26(2)21(29)18-9-8-17(14-19(18)23)24-20(28)15-10-12-27(13-11-15)22(30)25-16-6-4-3-5-7-16/h3-9,14-15H,10-13H2,1-2H3,(H,24,28)(H,25,30). The van der Waals surface area contributed by atoms with E-state index in [9.17, 15) is 14.4 Å². The number of carbonyl (C=O) groups excluding carboxylic acids is 3. The van der Waals surface area contributed by atoms with Gasteiger partial charge in [0.1, 0.15) is 0 Å². The van der Waals surface area contributed by atoms with E-state index < -0.39 is 0 Å². The van der Waals surface area contributed by atoms with Crippen LogP contribution >= 0.6 is 11.6 Å². The molecule has 0 aliphatic carbocycles. The highest BCUT2D eigenvalue weighted by atomic mass is 35.5. The molecule has 2 aromatic rings. The van der Waals surface area contributed by atoms with Crippen LogP contribution in [0.1, 0.15) is 23.2 Å². The van der Waals surface area contributed by atoms with Crippen molar-refractivity contribution >= 4 is 40.8 Å². The molecule has 0 saturated carbocycles. The van der Waals surface area contributed by atoms with Gasteiger partial charge < -0.3 is 20.4 Å². The number of nitrogens with one attached hydrogen (secondary N) is 2. The molecular weight excluding hydrogens is 404 g/mol. The Labute approximate surface area is 181 Å². The molecule has 0 bridgehead atoms. The number of rotatable bonds is 4. The minimum Gasteiger partial charge on any atom is -0.345 e. The number of amides is 4. The molecule has 4 amide bonds. The van der Waals surface area contributed by atoms with Crippen molar-refractivity contribution in [2.75, 3.05) is 37.8 Å². The van der Waals surface area contributed by atoms with E-state index in [-0.39, 0.29) is 23.8 Å². The quantitative estimate of drug-likeness (QED) is 0.774. The summed E-state index contributed by atoms with van der Waals surface area (Å²) in [6, 6.07) is 14.0. The van der Waals surface area contributed by atoms with Gasteiger partial charge in [0, 0.05) is 44.5 Å². The van der Waals surface area contributed by atoms with Crippen LogP contribution in [0.2, 0.25) is 5.02 Å². The minimum absolute atomic E-state index is 0.110. The van der Waals surface area contributed by atoms with E-state index in [0.29, 0.717) is 42.2 Å². The Hall–Kier alpha value is -3.06. The maximum absolute atomic E-state index is 12.6. The van der Waals surface area contributed by atoms with E-state index in [0.717, 1.165) is 5.69 Å². The topological polar surface area (TPSA) is 81.8 Å². The first kappa shape index (κ1) is 21.6. The lowest BCUT2D eigenvalue weighted by Crippen LogP contribution is -2.43. The molecule has 30 heavy (non-hydrogen) atoms. The third-order valence-electron chi connectivity index (χ3n) is 5.05. The molecule has 1 heterocycles. The Kier molecular flexibility index (Phi) is 6.95. The van der Waals surface area contributed by atoms with Crippen LogP contribution in [0.4, 0.5) is 16.2 Å². The van der Waals surface area contributed by atoms with Gasteiger partial charge in [-0.1, -0.05) is 29.8 Å². The number of anilines is 2. The Morgan fingerprint density at radius 2 is 1.63 bits per heavy atom. The molecule has 0 radical (unpaired) electrons. The van der Waals surface area contributed by atoms with Crippen molar-refractivity contribution in [2.45, 2.75) is 12.8 Å². The van der Waals surface area contributed by atoms with Crippen molar-refractivity contribution < 1.29 is 14.4 Å². The molecule has 0 unspecified atom stereocenters. The van der Waals surface area contributed by atoms with Crippen molar-refractivity contribution in [3.8, 4) is 0 Å². The first-order valence-corrected chi connectivity index (χ1v) is 10.2. The van der Waals surface area contributed by atoms with Crippen LogP contribution in [0.25, 0.3) is 0 Å². The van der Waals surface area contributed by atoms with Crippen molar-refractivity contribution in [3.05, 3.63) is 59.1 Å². The van der Waals surface area contributed by atoms with E-state index in [1.54, 1.807) is 37.2 Å². The molecule has 8 heteroatoms. The number of benzene rings is 2. The van der Waals surface area contributed by atoms with Gasteiger partial charge >= 0.3 is 6.03 Å². The van der Waals surface area contributed by atoms with Crippen LogP contribution < -0.4 is 10.6 Å². The summed E-state index contributed by atoms with van der Waals surface area (Å²) in [5.74, 6) is -0.493. The first-order valence-electron chi connectivity index (χ1n) is 9.78. The van der Waals surface area contributed by atoms with Crippen molar-refractivity contribution in [1.82, 2.24) is 9.80 Å². The molecule has 7 nitrogen and oxygen atoms in total. The zero-order valence-corrected chi connectivity index (χ0v) is 17.8. The molecule has 1 fully saturated rings. The fourth-order valence-electron chi connectivity index (χ4n) is 3.32. The Morgan fingerprint density at radius 1 is 0.967 bits per heavy atom. The summed E-state index contributed by atoms with van der Waals surface area (Å²) >= 11 is 6.21. The predicted molar refractivity (Wildman–Crippen MR) is 118 cm³/mol. The lowest BCUT2D eigenvalue weighted by Gasteiger charge is -2.31. The maximum Gasteiger partial charge on any atom is 0.321 e. The number of nitrogens with zero attached hydrogens (tertiary/aromatic N) is 2. The molecule has 0 atom stereocenters. The average Bonchev–Trinajstić information content (AvgIpc) is 2.74. The predicted octanol–water partition coefficient (Wildman–Crippen LogP) is 3.92. The third kappa shape index (κ3) is 5.30. The number of hydrogen-bond acceptors (Lipinski definition) is 3. The summed E-state index contributed by atoms with van der Waals surface area (Å²) in [4.78, 5) is 40.2. The van der Waals surface area contributed by atoms with Crippen LogP contribution in [-0.2, 0) is 4.79 Å². The van der Waals surface area contributed by atoms with Gasteiger partial charge in [-0.2, -0.15) is 0 Å². The van der Waals surface area contributed by atoms with Gasteiger partial charge in [-0.3, -0.25) is 9.59 Å². The zero-order valence-electron chi connectivity index (χ0n) is 17.0. The number of piperidine rings is 1. The summed E-state index contributed by atoms with van der Waals surface area (Å²) in [5.41, 5.74) is 1.68. The third-order valence-corrected chi connectivity index (χ3v) is 5.36. The number of halogens is 1. The second-order valence-electron chi connectivity index (χ2n) is 7.44. The summed E-state index contributed by atoms with van der Waals surface area (Å²) in [5, 5.41) is 6.02. The van der Waals surface area contributed by atoms with E-state index in [1.807, 2.05) is 30.3 Å². The van der Waals surface area contributed by atoms with Crippen LogP contribution in [0.5, 0.6) is 0 Å². The number of para-hydroxylation sites is 1. The van der Waals surface area contributed by atoms with Gasteiger partial charge in [-0.25, -0.2) is 4.79 Å². The van der Waals surface area contributed by atoms with E-state index in [4.69, 9.17) is 11.6 Å². The fraction of sp³-hybridized carbons (Fsp3) is 0.318. The molecule has 1 saturated heterocycles. The molecule has 2 aromatic carbocycles. The minimum atomic E-state index is -0.195. The molecule has 158 valence electrons. The summed E-state index contributed by atoms with van der Waals surface area (Å²) in [6.07, 6.45) is 1.16. The van der Waals surface area contributed by atoms with E-state index >= 15 is 0 Å². The highest BCUT2D eigenvalue weighted by Gasteiger charge is 2.27. The largest absolute Gasteiger partial charge is 0.345 e. The fourth-order valence-corrected chi connectivity index (χ4v) is 3.58. The van der Waals surface area contributed by atoms with Gasteiger partial charge in [0.2, 0.25) is 5.91 Å². The summed E-state index contributed by atoms with van der Waals surface area (Å²) in [7, 11) is 3.31. The smallest absolute Gasteiger partial charge is 0.321 e. The molecule has 2 N–H and O–H groups in total. The van der Waals surface area contributed by atoms with Crippen molar-refractivity contribution in [1.29, 1.82) is 0 Å². The highest BCUT2D eigenvalue weighted by molar-refractivity contribution is 6.34. The lowest BCUT2D eigenvalue weighted by molar-refractivity contribution is -0.121. The normalized spacial score (nSPS) is 14.2. The number of urea groups is 1. The molecule has 1 aliphatic heterocycles. The lowest BCUT2D eigenvalue weighted by atomic mass is 9.96. The molecule has 1 aliphatic rings. The number of carbonyl (C=O) groups is 3. The second-order valence-corrected chi connectivity index (χ2v) is 7.85. The van der Waals surface area contributed by atoms with Gasteiger partial charge in [0.15, 0.2) is 0 Å². The Morgan fingerprint density at radius 3 is 2.23 bits per heavy atom. The highest BCUT2D eigenvalue weighted by Crippen LogP contribution is 2.24. The van der Waals surface area contributed by atoms with Crippen LogP contribution in [0.3, 0.4) is 0 Å². The van der Waals surface area contributed by atoms with Crippen molar-refractivity contribution in [2.24, 2.45) is 5.92 Å². The maximum atomic E-state index is 12.6. The SMILES string of the molecule is CN(C)C(=O)c1ccc(NC(=O)C2CCN(C(=O)Nc3ccccc3)CC2)cc1Cl. The van der Waals surface area contributed by atoms with E-state index in [2.05, 4.69) is 10.6 Å². The Bertz CT molecular complexity index is 925. The van der Waals surface area contributed by atoms with Gasteiger partial charge in [0.05, 0.1) is 10.6 Å². The van der Waals surface area contributed by atoms with Gasteiger partial charge in [-0.15, -0.1) is 0 Å². The Balaban J connectivity index is 1.52. The monoisotopic (exact) mass is 428 g/mol. The number of likely N-dealkylation sites (tertiary alicyclic amines) is 1. The van der Waals surface area contributed by atoms with Gasteiger partial charge in [0.25, 0.3) is 5.91 Å². The average molecular weight is 429 g/mol. The second kappa shape index (κ2) is 9.63. The molecular formula is C22H25ClN4O3. The molecule has 3 rings (SSSR count). The van der Waals surface area contributed by atoms with Crippen LogP contribution in [0.15, 0.2) is 48.5 Å². The van der Waals surface area contributed by atoms with Gasteiger partial charge in [-0.05, 0) is 43.2 Å². The van der Waals surface area contributed by atoms with Crippen molar-refractivity contribution in [3.63, 3.8) is 0 Å².